The van der Waals surface area contributed by atoms with E-state index in [4.69, 9.17) is 0 Å². The molecule has 1 saturated carbocycles. The molecule has 0 amide bonds. The Hall–Kier alpha value is -0.980. The largest absolute Gasteiger partial charge is 0.391 e. The molecule has 1 aliphatic rings. The Morgan fingerprint density at radius 2 is 1.74 bits per heavy atom. The van der Waals surface area contributed by atoms with Crippen LogP contribution in [-0.4, -0.2) is 25.7 Å². The van der Waals surface area contributed by atoms with E-state index >= 15 is 0 Å². The second kappa shape index (κ2) is 5.98. The molecule has 0 aliphatic heterocycles. The van der Waals surface area contributed by atoms with Crippen LogP contribution in [-0.2, 0) is 10.0 Å². The van der Waals surface area contributed by atoms with Gasteiger partial charge in [-0.15, -0.1) is 0 Å². The number of aliphatic hydroxyl groups excluding tert-OH is 1. The number of halogens is 1. The molecule has 0 spiro atoms. The fourth-order valence-corrected chi connectivity index (χ4v) is 3.61. The van der Waals surface area contributed by atoms with Gasteiger partial charge in [-0.05, 0) is 37.1 Å². The molecule has 0 saturated heterocycles. The molecule has 2 atom stereocenters. The van der Waals surface area contributed by atoms with Crippen molar-refractivity contribution in [2.75, 3.05) is 0 Å². The maximum Gasteiger partial charge on any atom is 0.240 e. The van der Waals surface area contributed by atoms with E-state index in [9.17, 15) is 17.9 Å². The lowest BCUT2D eigenvalue weighted by Crippen LogP contribution is -2.42. The van der Waals surface area contributed by atoms with Gasteiger partial charge in [0.1, 0.15) is 5.82 Å². The molecule has 2 N–H and O–H groups in total. The van der Waals surface area contributed by atoms with Gasteiger partial charge in [0.25, 0.3) is 0 Å². The summed E-state index contributed by atoms with van der Waals surface area (Å²) in [5.74, 6) is -0.478. The summed E-state index contributed by atoms with van der Waals surface area (Å²) in [5.41, 5.74) is 0. The second-order valence-corrected chi connectivity index (χ2v) is 6.60. The van der Waals surface area contributed by atoms with Crippen LogP contribution in [0.5, 0.6) is 0 Å². The van der Waals surface area contributed by atoms with Crippen LogP contribution in [0, 0.1) is 5.82 Å². The Morgan fingerprint density at radius 3 is 2.42 bits per heavy atom. The predicted octanol–water partition coefficient (Wildman–Crippen LogP) is 1.80. The van der Waals surface area contributed by atoms with Crippen molar-refractivity contribution in [1.82, 2.24) is 4.72 Å². The van der Waals surface area contributed by atoms with E-state index in [1.165, 1.54) is 12.1 Å². The molecule has 106 valence electrons. The highest BCUT2D eigenvalue weighted by atomic mass is 32.2. The maximum absolute atomic E-state index is 12.8. The van der Waals surface area contributed by atoms with Crippen molar-refractivity contribution in [3.05, 3.63) is 30.1 Å². The van der Waals surface area contributed by atoms with Gasteiger partial charge in [0.05, 0.1) is 11.0 Å². The first-order chi connectivity index (χ1) is 8.99. The zero-order chi connectivity index (χ0) is 13.9. The number of sulfonamides is 1. The molecule has 1 aliphatic carbocycles. The summed E-state index contributed by atoms with van der Waals surface area (Å²) < 4.78 is 39.6. The fourth-order valence-electron chi connectivity index (χ4n) is 2.31. The number of hydrogen-bond donors (Lipinski definition) is 2. The average Bonchev–Trinajstić information content (AvgIpc) is 2.55. The molecule has 6 heteroatoms. The van der Waals surface area contributed by atoms with Crippen molar-refractivity contribution in [1.29, 1.82) is 0 Å². The minimum Gasteiger partial charge on any atom is -0.391 e. The van der Waals surface area contributed by atoms with Gasteiger partial charge < -0.3 is 5.11 Å². The molecule has 1 aromatic rings. The van der Waals surface area contributed by atoms with E-state index < -0.39 is 28.0 Å². The van der Waals surface area contributed by atoms with Gasteiger partial charge >= 0.3 is 0 Å². The topological polar surface area (TPSA) is 66.4 Å². The van der Waals surface area contributed by atoms with Crippen LogP contribution in [0.3, 0.4) is 0 Å². The lowest BCUT2D eigenvalue weighted by molar-refractivity contribution is 0.130. The molecule has 0 aromatic heterocycles. The summed E-state index contributed by atoms with van der Waals surface area (Å²) in [4.78, 5) is 0.0188. The van der Waals surface area contributed by atoms with E-state index in [-0.39, 0.29) is 4.90 Å². The zero-order valence-corrected chi connectivity index (χ0v) is 11.4. The average molecular weight is 287 g/mol. The maximum atomic E-state index is 12.8. The first-order valence-electron chi connectivity index (χ1n) is 6.45. The highest BCUT2D eigenvalue weighted by molar-refractivity contribution is 7.89. The van der Waals surface area contributed by atoms with Crippen LogP contribution in [0.4, 0.5) is 4.39 Å². The van der Waals surface area contributed by atoms with Crippen LogP contribution in [0.1, 0.15) is 32.1 Å². The van der Waals surface area contributed by atoms with Gasteiger partial charge in [-0.3, -0.25) is 0 Å². The van der Waals surface area contributed by atoms with Crippen LogP contribution >= 0.6 is 0 Å². The van der Waals surface area contributed by atoms with Gasteiger partial charge in [0, 0.05) is 6.04 Å². The highest BCUT2D eigenvalue weighted by Crippen LogP contribution is 2.20. The summed E-state index contributed by atoms with van der Waals surface area (Å²) >= 11 is 0. The third-order valence-electron chi connectivity index (χ3n) is 3.41. The molecule has 19 heavy (non-hydrogen) atoms. The van der Waals surface area contributed by atoms with Crippen molar-refractivity contribution in [2.24, 2.45) is 0 Å². The lowest BCUT2D eigenvalue weighted by Gasteiger charge is -2.21. The Balaban J connectivity index is 2.13. The number of rotatable bonds is 3. The molecule has 1 aromatic carbocycles. The Bertz CT molecular complexity index is 515. The SMILES string of the molecule is O=S(=O)(NC1CCCCCC1O)c1ccc(F)cc1. The van der Waals surface area contributed by atoms with Crippen LogP contribution < -0.4 is 4.72 Å². The molecular weight excluding hydrogens is 269 g/mol. The monoisotopic (exact) mass is 287 g/mol. The quantitative estimate of drug-likeness (QED) is 0.833. The molecule has 1 fully saturated rings. The van der Waals surface area contributed by atoms with Crippen molar-refractivity contribution < 1.29 is 17.9 Å². The van der Waals surface area contributed by atoms with E-state index in [0.29, 0.717) is 12.8 Å². The van der Waals surface area contributed by atoms with E-state index in [1.54, 1.807) is 0 Å². The van der Waals surface area contributed by atoms with Crippen molar-refractivity contribution in [3.63, 3.8) is 0 Å². The second-order valence-electron chi connectivity index (χ2n) is 4.89. The Kier molecular flexibility index (Phi) is 4.54. The van der Waals surface area contributed by atoms with Crippen molar-refractivity contribution in [2.45, 2.75) is 49.1 Å². The van der Waals surface area contributed by atoms with Crippen LogP contribution in [0.2, 0.25) is 0 Å². The fraction of sp³-hybridized carbons (Fsp3) is 0.538. The number of hydrogen-bond acceptors (Lipinski definition) is 3. The van der Waals surface area contributed by atoms with E-state index in [0.717, 1.165) is 31.4 Å². The third-order valence-corrected chi connectivity index (χ3v) is 4.92. The first-order valence-corrected chi connectivity index (χ1v) is 7.93. The first kappa shape index (κ1) is 14.4. The number of benzene rings is 1. The number of aliphatic hydroxyl groups is 1. The number of nitrogens with one attached hydrogen (secondary N) is 1. The molecule has 2 unspecified atom stereocenters. The smallest absolute Gasteiger partial charge is 0.240 e. The van der Waals surface area contributed by atoms with E-state index in [1.807, 2.05) is 0 Å². The van der Waals surface area contributed by atoms with Gasteiger partial charge in [-0.25, -0.2) is 17.5 Å². The van der Waals surface area contributed by atoms with E-state index in [2.05, 4.69) is 4.72 Å². The minimum atomic E-state index is -3.70. The lowest BCUT2D eigenvalue weighted by atomic mass is 10.1. The Labute approximate surface area is 112 Å². The highest BCUT2D eigenvalue weighted by Gasteiger charge is 2.26. The summed E-state index contributed by atoms with van der Waals surface area (Å²) in [7, 11) is -3.70. The van der Waals surface area contributed by atoms with Gasteiger partial charge in [0.15, 0.2) is 0 Å². The predicted molar refractivity (Wildman–Crippen MR) is 69.6 cm³/mol. The van der Waals surface area contributed by atoms with Gasteiger partial charge in [0.2, 0.25) is 10.0 Å². The van der Waals surface area contributed by atoms with Gasteiger partial charge in [-0.2, -0.15) is 0 Å². The Morgan fingerprint density at radius 1 is 1.11 bits per heavy atom. The summed E-state index contributed by atoms with van der Waals surface area (Å²) in [6, 6.07) is 4.20. The normalized spacial score (nSPS) is 24.9. The molecule has 0 radical (unpaired) electrons. The minimum absolute atomic E-state index is 0.0188. The molecular formula is C13H18FNO3S. The van der Waals surface area contributed by atoms with Crippen molar-refractivity contribution in [3.8, 4) is 0 Å². The summed E-state index contributed by atoms with van der Waals surface area (Å²) in [6.07, 6.45) is 3.39. The zero-order valence-electron chi connectivity index (χ0n) is 10.5. The van der Waals surface area contributed by atoms with Gasteiger partial charge in [-0.1, -0.05) is 19.3 Å². The third kappa shape index (κ3) is 3.75. The molecule has 0 heterocycles. The van der Waals surface area contributed by atoms with Crippen LogP contribution in [0.25, 0.3) is 0 Å². The molecule has 0 bridgehead atoms. The molecule has 4 nitrogen and oxygen atoms in total. The van der Waals surface area contributed by atoms with Crippen LogP contribution in [0.15, 0.2) is 29.2 Å². The molecule has 2 rings (SSSR count). The summed E-state index contributed by atoms with van der Waals surface area (Å²) in [6.45, 7) is 0. The van der Waals surface area contributed by atoms with Crippen molar-refractivity contribution >= 4 is 10.0 Å². The standard InChI is InChI=1S/C13H18FNO3S/c14-10-6-8-11(9-7-10)19(17,18)15-12-4-2-1-3-5-13(12)16/h6-9,12-13,15-16H,1-5H2. The summed E-state index contributed by atoms with van der Waals surface area (Å²) in [5, 5.41) is 9.92.